The molecule has 1 atom stereocenters. The van der Waals surface area contributed by atoms with Crippen LogP contribution in [0, 0.1) is 5.92 Å². The summed E-state index contributed by atoms with van der Waals surface area (Å²) in [5, 5.41) is 9.28. The number of halogens is 1. The fraction of sp³-hybridized carbons (Fsp3) is 0.533. The predicted molar refractivity (Wildman–Crippen MR) is 93.1 cm³/mol. The minimum Gasteiger partial charge on any atom is -0.392 e. The van der Waals surface area contributed by atoms with Crippen molar-refractivity contribution in [2.75, 3.05) is 13.1 Å². The Labute approximate surface area is 138 Å². The van der Waals surface area contributed by atoms with Crippen molar-refractivity contribution in [2.45, 2.75) is 32.9 Å². The average Bonchev–Trinajstić information content (AvgIpc) is 2.45. The second-order valence-corrected chi connectivity index (χ2v) is 5.29. The van der Waals surface area contributed by atoms with Crippen LogP contribution in [0.15, 0.2) is 29.3 Å². The normalized spacial score (nSPS) is 19.6. The van der Waals surface area contributed by atoms with Crippen LogP contribution in [0.3, 0.4) is 0 Å². The molecule has 1 aliphatic rings. The summed E-state index contributed by atoms with van der Waals surface area (Å²) in [6.07, 6.45) is 2.46. The largest absolute Gasteiger partial charge is 0.392 e. The minimum absolute atomic E-state index is 0. The van der Waals surface area contributed by atoms with E-state index in [2.05, 4.69) is 16.8 Å². The van der Waals surface area contributed by atoms with Crippen molar-refractivity contribution in [3.8, 4) is 0 Å². The third kappa shape index (κ3) is 4.63. The molecule has 0 spiro atoms. The highest BCUT2D eigenvalue weighted by Gasteiger charge is 2.17. The summed E-state index contributed by atoms with van der Waals surface area (Å²) in [7, 11) is 0. The summed E-state index contributed by atoms with van der Waals surface area (Å²) in [6, 6.07) is 7.79. The lowest BCUT2D eigenvalue weighted by Gasteiger charge is -2.31. The van der Waals surface area contributed by atoms with E-state index in [1.807, 2.05) is 24.3 Å². The summed E-state index contributed by atoms with van der Waals surface area (Å²) in [5.74, 6) is 1.31. The molecular formula is C15H24IN3O. The zero-order valence-electron chi connectivity index (χ0n) is 12.0. The summed E-state index contributed by atoms with van der Waals surface area (Å²) in [4.78, 5) is 6.63. The smallest absolute Gasteiger partial charge is 0.191 e. The van der Waals surface area contributed by atoms with Crippen molar-refractivity contribution in [3.05, 3.63) is 35.4 Å². The van der Waals surface area contributed by atoms with Crippen LogP contribution < -0.4 is 5.73 Å². The van der Waals surface area contributed by atoms with Crippen LogP contribution in [0.4, 0.5) is 0 Å². The SMILES string of the molecule is CC1CCCN(C(N)=NCc2ccccc2CO)C1.I. The van der Waals surface area contributed by atoms with Crippen LogP contribution in [0.1, 0.15) is 30.9 Å². The highest BCUT2D eigenvalue weighted by molar-refractivity contribution is 14.0. The van der Waals surface area contributed by atoms with E-state index in [0.29, 0.717) is 18.4 Å². The fourth-order valence-corrected chi connectivity index (χ4v) is 2.53. The number of aliphatic hydroxyl groups is 1. The van der Waals surface area contributed by atoms with Crippen LogP contribution in [-0.2, 0) is 13.2 Å². The van der Waals surface area contributed by atoms with Gasteiger partial charge in [0.05, 0.1) is 13.2 Å². The maximum absolute atomic E-state index is 9.28. The first-order valence-corrected chi connectivity index (χ1v) is 6.93. The van der Waals surface area contributed by atoms with Crippen LogP contribution in [0.5, 0.6) is 0 Å². The second kappa shape index (κ2) is 8.46. The number of guanidine groups is 1. The molecule has 1 fully saturated rings. The molecule has 20 heavy (non-hydrogen) atoms. The number of likely N-dealkylation sites (tertiary alicyclic amines) is 1. The Morgan fingerprint density at radius 1 is 1.40 bits per heavy atom. The number of hydrogen-bond acceptors (Lipinski definition) is 2. The van der Waals surface area contributed by atoms with Gasteiger partial charge in [-0.3, -0.25) is 0 Å². The maximum Gasteiger partial charge on any atom is 0.191 e. The molecule has 0 aromatic heterocycles. The van der Waals surface area contributed by atoms with Gasteiger partial charge in [-0.2, -0.15) is 0 Å². The number of nitrogens with two attached hydrogens (primary N) is 1. The predicted octanol–water partition coefficient (Wildman–Crippen LogP) is 2.34. The van der Waals surface area contributed by atoms with E-state index in [0.717, 1.165) is 24.2 Å². The van der Waals surface area contributed by atoms with Gasteiger partial charge in [0.25, 0.3) is 0 Å². The van der Waals surface area contributed by atoms with Crippen molar-refractivity contribution in [1.29, 1.82) is 0 Å². The summed E-state index contributed by atoms with van der Waals surface area (Å²) < 4.78 is 0. The van der Waals surface area contributed by atoms with Crippen LogP contribution in [0.25, 0.3) is 0 Å². The molecule has 0 bridgehead atoms. The first kappa shape index (κ1) is 17.2. The van der Waals surface area contributed by atoms with Crippen LogP contribution in [-0.4, -0.2) is 29.1 Å². The lowest BCUT2D eigenvalue weighted by molar-refractivity contribution is 0.270. The molecule has 3 N–H and O–H groups in total. The molecule has 0 radical (unpaired) electrons. The molecule has 4 nitrogen and oxygen atoms in total. The second-order valence-electron chi connectivity index (χ2n) is 5.29. The van der Waals surface area contributed by atoms with Gasteiger partial charge in [-0.05, 0) is 29.9 Å². The third-order valence-corrected chi connectivity index (χ3v) is 3.68. The molecule has 112 valence electrons. The monoisotopic (exact) mass is 389 g/mol. The third-order valence-electron chi connectivity index (χ3n) is 3.68. The Hall–Kier alpha value is -0.820. The Morgan fingerprint density at radius 3 is 2.75 bits per heavy atom. The van der Waals surface area contributed by atoms with Gasteiger partial charge in [0.2, 0.25) is 0 Å². The number of aliphatic hydroxyl groups excluding tert-OH is 1. The first-order valence-electron chi connectivity index (χ1n) is 6.93. The molecular weight excluding hydrogens is 365 g/mol. The quantitative estimate of drug-likeness (QED) is 0.474. The van der Waals surface area contributed by atoms with Crippen molar-refractivity contribution >= 4 is 29.9 Å². The molecule has 1 aromatic rings. The van der Waals surface area contributed by atoms with Gasteiger partial charge in [-0.15, -0.1) is 24.0 Å². The molecule has 0 saturated carbocycles. The number of rotatable bonds is 3. The van der Waals surface area contributed by atoms with Gasteiger partial charge >= 0.3 is 0 Å². The standard InChI is InChI=1S/C15H23N3O.HI/c1-12-5-4-8-18(10-12)15(16)17-9-13-6-2-3-7-14(13)11-19;/h2-3,6-7,12,19H,4-5,8-11H2,1H3,(H2,16,17);1H. The summed E-state index contributed by atoms with van der Waals surface area (Å²) in [6.45, 7) is 4.83. The number of hydrogen-bond donors (Lipinski definition) is 2. The molecule has 1 unspecified atom stereocenters. The lowest BCUT2D eigenvalue weighted by atomic mass is 10.0. The number of piperidine rings is 1. The highest BCUT2D eigenvalue weighted by atomic mass is 127. The number of nitrogens with zero attached hydrogens (tertiary/aromatic N) is 2. The zero-order valence-corrected chi connectivity index (χ0v) is 14.3. The van der Waals surface area contributed by atoms with E-state index in [9.17, 15) is 5.11 Å². The Kier molecular flexibility index (Phi) is 7.29. The molecule has 1 aromatic carbocycles. The molecule has 5 heteroatoms. The van der Waals surface area contributed by atoms with E-state index in [-0.39, 0.29) is 30.6 Å². The van der Waals surface area contributed by atoms with Crippen LogP contribution >= 0.6 is 24.0 Å². The van der Waals surface area contributed by atoms with E-state index in [1.165, 1.54) is 12.8 Å². The molecule has 0 aliphatic carbocycles. The van der Waals surface area contributed by atoms with E-state index < -0.39 is 0 Å². The summed E-state index contributed by atoms with van der Waals surface area (Å²) >= 11 is 0. The van der Waals surface area contributed by atoms with Gasteiger partial charge in [0.15, 0.2) is 5.96 Å². The van der Waals surface area contributed by atoms with Crippen molar-refractivity contribution in [3.63, 3.8) is 0 Å². The van der Waals surface area contributed by atoms with Crippen molar-refractivity contribution in [2.24, 2.45) is 16.6 Å². The van der Waals surface area contributed by atoms with Crippen molar-refractivity contribution in [1.82, 2.24) is 4.90 Å². The maximum atomic E-state index is 9.28. The molecule has 0 amide bonds. The van der Waals surface area contributed by atoms with E-state index in [4.69, 9.17) is 5.73 Å². The highest BCUT2D eigenvalue weighted by Crippen LogP contribution is 2.15. The average molecular weight is 389 g/mol. The van der Waals surface area contributed by atoms with Crippen LogP contribution in [0.2, 0.25) is 0 Å². The Balaban J connectivity index is 0.00000200. The Morgan fingerprint density at radius 2 is 2.10 bits per heavy atom. The van der Waals surface area contributed by atoms with Gasteiger partial charge in [-0.25, -0.2) is 4.99 Å². The molecule has 2 rings (SSSR count). The Bertz CT molecular complexity index is 450. The minimum atomic E-state index is 0. The molecule has 1 saturated heterocycles. The van der Waals surface area contributed by atoms with Gasteiger partial charge in [0.1, 0.15) is 0 Å². The number of benzene rings is 1. The van der Waals surface area contributed by atoms with E-state index >= 15 is 0 Å². The zero-order chi connectivity index (χ0) is 13.7. The van der Waals surface area contributed by atoms with Gasteiger partial charge < -0.3 is 15.7 Å². The summed E-state index contributed by atoms with van der Waals surface area (Å²) in [5.41, 5.74) is 8.03. The van der Waals surface area contributed by atoms with Crippen molar-refractivity contribution < 1.29 is 5.11 Å². The fourth-order valence-electron chi connectivity index (χ4n) is 2.53. The number of aliphatic imine (C=N–C) groups is 1. The van der Waals surface area contributed by atoms with Gasteiger partial charge in [-0.1, -0.05) is 31.2 Å². The lowest BCUT2D eigenvalue weighted by Crippen LogP contribution is -2.43. The van der Waals surface area contributed by atoms with E-state index in [1.54, 1.807) is 0 Å². The molecule has 1 aliphatic heterocycles. The topological polar surface area (TPSA) is 61.8 Å². The van der Waals surface area contributed by atoms with Gasteiger partial charge in [0, 0.05) is 13.1 Å². The first-order chi connectivity index (χ1) is 9.20. The molecule has 1 heterocycles.